The molecule has 12 heavy (non-hydrogen) atoms. The first-order chi connectivity index (χ1) is 5.79. The molecule has 0 unspecified atom stereocenters. The largest absolute Gasteiger partial charge is 0.242 e. The van der Waals surface area contributed by atoms with Crippen molar-refractivity contribution in [2.45, 2.75) is 5.33 Å². The molecule has 0 fully saturated rings. The van der Waals surface area contributed by atoms with Gasteiger partial charge >= 0.3 is 0 Å². The Morgan fingerprint density at radius 3 is 3.17 bits per heavy atom. The topological polar surface area (TPSA) is 25.8 Å². The van der Waals surface area contributed by atoms with Crippen LogP contribution >= 0.6 is 38.9 Å². The van der Waals surface area contributed by atoms with Crippen molar-refractivity contribution >= 4 is 49.2 Å². The van der Waals surface area contributed by atoms with Crippen LogP contribution in [0.3, 0.4) is 0 Å². The van der Waals surface area contributed by atoms with Crippen molar-refractivity contribution in [1.82, 2.24) is 9.97 Å². The quantitative estimate of drug-likeness (QED) is 0.738. The first kappa shape index (κ1) is 8.41. The second-order valence-corrected chi connectivity index (χ2v) is 4.28. The van der Waals surface area contributed by atoms with Crippen LogP contribution < -0.4 is 0 Å². The van der Waals surface area contributed by atoms with E-state index in [1.165, 1.54) is 0 Å². The van der Waals surface area contributed by atoms with E-state index in [1.54, 1.807) is 17.5 Å². The number of nitrogens with zero attached hydrogens (tertiary/aromatic N) is 2. The molecule has 0 saturated carbocycles. The summed E-state index contributed by atoms with van der Waals surface area (Å²) in [4.78, 5) is 9.41. The maximum Gasteiger partial charge on any atom is 0.143 e. The molecule has 2 nitrogen and oxygen atoms in total. The summed E-state index contributed by atoms with van der Waals surface area (Å²) in [6.07, 6.45) is 1.64. The Morgan fingerprint density at radius 1 is 1.58 bits per heavy atom. The normalized spacial score (nSPS) is 10.8. The highest BCUT2D eigenvalue weighted by atomic mass is 79.9. The SMILES string of the molecule is Clc1cnc2sc(CBr)nc2c1. The second-order valence-electron chi connectivity index (χ2n) is 2.22. The summed E-state index contributed by atoms with van der Waals surface area (Å²) in [6, 6.07) is 1.83. The van der Waals surface area contributed by atoms with Gasteiger partial charge in [0.15, 0.2) is 0 Å². The predicted molar refractivity (Wildman–Crippen MR) is 55.1 cm³/mol. The monoisotopic (exact) mass is 262 g/mol. The molecule has 0 atom stereocenters. The van der Waals surface area contributed by atoms with E-state index in [9.17, 15) is 0 Å². The van der Waals surface area contributed by atoms with Crippen molar-refractivity contribution in [1.29, 1.82) is 0 Å². The van der Waals surface area contributed by atoms with E-state index in [0.717, 1.165) is 20.7 Å². The Labute approximate surface area is 86.7 Å². The lowest BCUT2D eigenvalue weighted by atomic mass is 10.4. The first-order valence-corrected chi connectivity index (χ1v) is 5.58. The summed E-state index contributed by atoms with van der Waals surface area (Å²) >= 11 is 10.7. The van der Waals surface area contributed by atoms with Gasteiger partial charge in [-0.05, 0) is 6.07 Å². The maximum atomic E-state index is 5.76. The second kappa shape index (κ2) is 3.28. The Bertz CT molecular complexity index is 415. The highest BCUT2D eigenvalue weighted by Crippen LogP contribution is 2.23. The summed E-state index contributed by atoms with van der Waals surface area (Å²) in [5.41, 5.74) is 0.877. The lowest BCUT2D eigenvalue weighted by molar-refractivity contribution is 1.31. The number of hydrogen-bond acceptors (Lipinski definition) is 3. The molecule has 5 heteroatoms. The average molecular weight is 264 g/mol. The Hall–Kier alpha value is -0.190. The van der Waals surface area contributed by atoms with Gasteiger partial charge in [-0.2, -0.15) is 0 Å². The fourth-order valence-electron chi connectivity index (χ4n) is 0.901. The molecule has 0 saturated heterocycles. The zero-order valence-corrected chi connectivity index (χ0v) is 9.08. The van der Waals surface area contributed by atoms with E-state index >= 15 is 0 Å². The van der Waals surface area contributed by atoms with Crippen LogP contribution in [0.15, 0.2) is 12.3 Å². The van der Waals surface area contributed by atoms with Crippen molar-refractivity contribution in [2.24, 2.45) is 0 Å². The third-order valence-corrected chi connectivity index (χ3v) is 3.46. The van der Waals surface area contributed by atoms with Crippen LogP contribution in [0.5, 0.6) is 0 Å². The van der Waals surface area contributed by atoms with Crippen LogP contribution in [-0.2, 0) is 5.33 Å². The van der Waals surface area contributed by atoms with Crippen LogP contribution in [0.2, 0.25) is 5.02 Å². The molecule has 2 heterocycles. The molecule has 0 amide bonds. The van der Waals surface area contributed by atoms with Crippen LogP contribution in [0.4, 0.5) is 0 Å². The van der Waals surface area contributed by atoms with Crippen molar-refractivity contribution in [3.8, 4) is 0 Å². The van der Waals surface area contributed by atoms with Gasteiger partial charge in [0.25, 0.3) is 0 Å². The van der Waals surface area contributed by atoms with Crippen molar-refractivity contribution in [2.75, 3.05) is 0 Å². The Balaban J connectivity index is 2.67. The lowest BCUT2D eigenvalue weighted by Crippen LogP contribution is -1.73. The number of fused-ring (bicyclic) bond motifs is 1. The highest BCUT2D eigenvalue weighted by Gasteiger charge is 2.03. The van der Waals surface area contributed by atoms with E-state index in [1.807, 2.05) is 6.07 Å². The number of aromatic nitrogens is 2. The zero-order chi connectivity index (χ0) is 8.55. The van der Waals surface area contributed by atoms with Gasteiger partial charge in [-0.1, -0.05) is 38.9 Å². The van der Waals surface area contributed by atoms with Gasteiger partial charge in [-0.25, -0.2) is 9.97 Å². The molecular formula is C7H4BrClN2S. The molecule has 2 aromatic rings. The summed E-state index contributed by atoms with van der Waals surface area (Å²) < 4.78 is 0. The molecule has 0 aromatic carbocycles. The van der Waals surface area contributed by atoms with Crippen LogP contribution in [0.1, 0.15) is 5.01 Å². The number of thiazole rings is 1. The number of alkyl halides is 1. The minimum absolute atomic E-state index is 0.633. The van der Waals surface area contributed by atoms with Crippen molar-refractivity contribution in [3.63, 3.8) is 0 Å². The van der Waals surface area contributed by atoms with E-state index in [0.29, 0.717) is 5.02 Å². The molecular weight excluding hydrogens is 260 g/mol. The smallest absolute Gasteiger partial charge is 0.143 e. The Kier molecular flexibility index (Phi) is 2.30. The van der Waals surface area contributed by atoms with Crippen LogP contribution in [-0.4, -0.2) is 9.97 Å². The van der Waals surface area contributed by atoms with Crippen molar-refractivity contribution < 1.29 is 0 Å². The van der Waals surface area contributed by atoms with Gasteiger partial charge < -0.3 is 0 Å². The molecule has 2 aromatic heterocycles. The standard InChI is InChI=1S/C7H4BrClN2S/c8-2-6-11-5-1-4(9)3-10-7(5)12-6/h1,3H,2H2. The zero-order valence-electron chi connectivity index (χ0n) is 5.92. The van der Waals surface area contributed by atoms with E-state index in [4.69, 9.17) is 11.6 Å². The van der Waals surface area contributed by atoms with E-state index in [-0.39, 0.29) is 0 Å². The van der Waals surface area contributed by atoms with Gasteiger partial charge in [0.05, 0.1) is 10.4 Å². The molecule has 0 bridgehead atoms. The van der Waals surface area contributed by atoms with Crippen LogP contribution in [0.25, 0.3) is 10.3 Å². The lowest BCUT2D eigenvalue weighted by Gasteiger charge is -1.85. The van der Waals surface area contributed by atoms with E-state index < -0.39 is 0 Å². The summed E-state index contributed by atoms with van der Waals surface area (Å²) in [5.74, 6) is 0. The minimum atomic E-state index is 0.633. The van der Waals surface area contributed by atoms with Gasteiger partial charge in [-0.15, -0.1) is 0 Å². The Morgan fingerprint density at radius 2 is 2.42 bits per heavy atom. The number of halogens is 2. The number of pyridine rings is 1. The highest BCUT2D eigenvalue weighted by molar-refractivity contribution is 9.08. The fourth-order valence-corrected chi connectivity index (χ4v) is 2.26. The minimum Gasteiger partial charge on any atom is -0.242 e. The van der Waals surface area contributed by atoms with Gasteiger partial charge in [-0.3, -0.25) is 0 Å². The van der Waals surface area contributed by atoms with Crippen LogP contribution in [0, 0.1) is 0 Å². The molecule has 0 aliphatic carbocycles. The third-order valence-electron chi connectivity index (χ3n) is 1.37. The molecule has 0 aliphatic rings. The molecule has 0 spiro atoms. The summed E-state index contributed by atoms with van der Waals surface area (Å²) in [5, 5.41) is 2.43. The molecule has 0 aliphatic heterocycles. The van der Waals surface area contributed by atoms with Crippen molar-refractivity contribution in [3.05, 3.63) is 22.3 Å². The fraction of sp³-hybridized carbons (Fsp3) is 0.143. The molecule has 0 radical (unpaired) electrons. The molecule has 2 rings (SSSR count). The summed E-state index contributed by atoms with van der Waals surface area (Å²) in [7, 11) is 0. The third kappa shape index (κ3) is 1.46. The first-order valence-electron chi connectivity index (χ1n) is 3.26. The predicted octanol–water partition coefficient (Wildman–Crippen LogP) is 3.24. The van der Waals surface area contributed by atoms with Gasteiger partial charge in [0.1, 0.15) is 15.4 Å². The summed E-state index contributed by atoms with van der Waals surface area (Å²) in [6.45, 7) is 0. The maximum absolute atomic E-state index is 5.76. The van der Waals surface area contributed by atoms with Gasteiger partial charge in [0, 0.05) is 6.20 Å². The van der Waals surface area contributed by atoms with Gasteiger partial charge in [0.2, 0.25) is 0 Å². The van der Waals surface area contributed by atoms with E-state index in [2.05, 4.69) is 25.9 Å². The molecule has 62 valence electrons. The number of rotatable bonds is 1. The molecule has 0 N–H and O–H groups in total. The average Bonchev–Trinajstić information content (AvgIpc) is 2.46. The number of hydrogen-bond donors (Lipinski definition) is 0.